The predicted molar refractivity (Wildman–Crippen MR) is 114 cm³/mol. The number of benzene rings is 2. The third-order valence-electron chi connectivity index (χ3n) is 5.57. The summed E-state index contributed by atoms with van der Waals surface area (Å²) < 4.78 is 2.26. The molecule has 7 nitrogen and oxygen atoms in total. The first-order chi connectivity index (χ1) is 14.5. The highest BCUT2D eigenvalue weighted by Gasteiger charge is 2.26. The number of aromatic nitrogens is 3. The van der Waals surface area contributed by atoms with Crippen molar-refractivity contribution >= 4 is 5.91 Å². The van der Waals surface area contributed by atoms with E-state index in [-0.39, 0.29) is 12.2 Å². The van der Waals surface area contributed by atoms with Gasteiger partial charge < -0.3 is 4.90 Å². The maximum atomic E-state index is 13.2. The molecule has 1 fully saturated rings. The minimum absolute atomic E-state index is 0.0755. The second-order valence-electron chi connectivity index (χ2n) is 7.69. The first-order valence-corrected chi connectivity index (χ1v) is 10.1. The van der Waals surface area contributed by atoms with Crippen molar-refractivity contribution in [2.24, 2.45) is 0 Å². The summed E-state index contributed by atoms with van der Waals surface area (Å²) in [6, 6.07) is 14.8. The van der Waals surface area contributed by atoms with Gasteiger partial charge in [0.2, 0.25) is 5.69 Å². The van der Waals surface area contributed by atoms with Gasteiger partial charge in [-0.15, -0.1) is 0 Å². The number of hydrogen-bond donors (Lipinski definition) is 0. The smallest absolute Gasteiger partial charge is 0.337 e. The molecule has 0 radical (unpaired) electrons. The van der Waals surface area contributed by atoms with Crippen molar-refractivity contribution in [2.75, 3.05) is 13.1 Å². The Labute approximate surface area is 174 Å². The largest absolute Gasteiger partial charge is 0.352 e. The molecule has 0 unspecified atom stereocenters. The number of carbonyl (C=O) groups excluding carboxylic acids is 1. The molecule has 2 aromatic carbocycles. The van der Waals surface area contributed by atoms with Crippen LogP contribution in [0.1, 0.15) is 40.0 Å². The Hall–Kier alpha value is -3.48. The van der Waals surface area contributed by atoms with Gasteiger partial charge in [0.1, 0.15) is 0 Å². The maximum absolute atomic E-state index is 13.2. The van der Waals surface area contributed by atoms with Crippen LogP contribution in [0.5, 0.6) is 0 Å². The van der Waals surface area contributed by atoms with Gasteiger partial charge in [-0.1, -0.05) is 36.4 Å². The highest BCUT2D eigenvalue weighted by atomic mass is 16.2. The number of hydrogen-bond acceptors (Lipinski definition) is 4. The van der Waals surface area contributed by atoms with Crippen LogP contribution in [-0.4, -0.2) is 38.2 Å². The Morgan fingerprint density at radius 2 is 1.67 bits per heavy atom. The zero-order valence-corrected chi connectivity index (χ0v) is 17.2. The summed E-state index contributed by atoms with van der Waals surface area (Å²) >= 11 is 0. The van der Waals surface area contributed by atoms with Crippen LogP contribution in [0.15, 0.2) is 58.1 Å². The predicted octanol–water partition coefficient (Wildman–Crippen LogP) is 2.30. The zero-order chi connectivity index (χ0) is 21.3. The van der Waals surface area contributed by atoms with Crippen molar-refractivity contribution < 1.29 is 4.79 Å². The summed E-state index contributed by atoms with van der Waals surface area (Å²) in [5.74, 6) is -0.420. The Kier molecular flexibility index (Phi) is 5.35. The van der Waals surface area contributed by atoms with E-state index in [1.165, 1.54) is 4.68 Å². The van der Waals surface area contributed by atoms with Gasteiger partial charge in [-0.3, -0.25) is 14.2 Å². The lowest BCUT2D eigenvalue weighted by molar-refractivity contribution is 0.0781. The van der Waals surface area contributed by atoms with Gasteiger partial charge in [-0.2, -0.15) is 9.78 Å². The van der Waals surface area contributed by atoms with Crippen LogP contribution in [-0.2, 0) is 6.54 Å². The van der Waals surface area contributed by atoms with E-state index in [0.29, 0.717) is 18.8 Å². The molecule has 0 spiro atoms. The molecule has 0 aliphatic carbocycles. The third kappa shape index (κ3) is 3.70. The molecule has 1 aromatic heterocycles. The second-order valence-corrected chi connectivity index (χ2v) is 7.69. The van der Waals surface area contributed by atoms with Crippen LogP contribution in [0.2, 0.25) is 0 Å². The van der Waals surface area contributed by atoms with Crippen molar-refractivity contribution in [3.05, 3.63) is 91.8 Å². The van der Waals surface area contributed by atoms with Crippen LogP contribution < -0.4 is 11.2 Å². The summed E-state index contributed by atoms with van der Waals surface area (Å²) in [4.78, 5) is 41.0. The molecule has 1 aliphatic heterocycles. The van der Waals surface area contributed by atoms with Gasteiger partial charge >= 0.3 is 5.69 Å². The lowest BCUT2D eigenvalue weighted by Gasteiger charge is -2.17. The lowest BCUT2D eigenvalue weighted by Crippen LogP contribution is -2.46. The number of aryl methyl sites for hydroxylation is 2. The number of amides is 1. The van der Waals surface area contributed by atoms with Crippen molar-refractivity contribution in [1.29, 1.82) is 0 Å². The van der Waals surface area contributed by atoms with E-state index in [0.717, 1.165) is 34.1 Å². The molecule has 0 N–H and O–H groups in total. The van der Waals surface area contributed by atoms with Gasteiger partial charge in [-0.05, 0) is 55.5 Å². The molecule has 7 heteroatoms. The molecule has 1 aliphatic rings. The molecule has 0 bridgehead atoms. The van der Waals surface area contributed by atoms with E-state index < -0.39 is 17.2 Å². The van der Waals surface area contributed by atoms with Crippen molar-refractivity contribution in [3.8, 4) is 5.69 Å². The van der Waals surface area contributed by atoms with E-state index in [4.69, 9.17) is 0 Å². The fourth-order valence-electron chi connectivity index (χ4n) is 3.65. The van der Waals surface area contributed by atoms with E-state index >= 15 is 0 Å². The third-order valence-corrected chi connectivity index (χ3v) is 5.57. The normalized spacial score (nSPS) is 13.6. The minimum atomic E-state index is -0.652. The Morgan fingerprint density at radius 3 is 2.33 bits per heavy atom. The summed E-state index contributed by atoms with van der Waals surface area (Å²) in [6.07, 6.45) is 1.81. The molecule has 3 aromatic rings. The van der Waals surface area contributed by atoms with Gasteiger partial charge in [-0.25, -0.2) is 4.79 Å². The van der Waals surface area contributed by atoms with Crippen LogP contribution in [0, 0.1) is 13.8 Å². The summed E-state index contributed by atoms with van der Waals surface area (Å²) in [7, 11) is 0. The monoisotopic (exact) mass is 404 g/mol. The van der Waals surface area contributed by atoms with Gasteiger partial charge in [0.25, 0.3) is 11.5 Å². The Morgan fingerprint density at radius 1 is 0.967 bits per heavy atom. The van der Waals surface area contributed by atoms with Crippen molar-refractivity contribution in [2.45, 2.75) is 33.2 Å². The first-order valence-electron chi connectivity index (χ1n) is 10.1. The summed E-state index contributed by atoms with van der Waals surface area (Å²) in [5, 5.41) is 4.24. The average molecular weight is 404 g/mol. The number of likely N-dealkylation sites (tertiary alicyclic amines) is 1. The summed E-state index contributed by atoms with van der Waals surface area (Å²) in [5.41, 5.74) is 1.97. The molecule has 1 amide bonds. The van der Waals surface area contributed by atoms with E-state index in [2.05, 4.69) is 5.10 Å². The molecular weight excluding hydrogens is 380 g/mol. The van der Waals surface area contributed by atoms with Crippen LogP contribution >= 0.6 is 0 Å². The van der Waals surface area contributed by atoms with Crippen molar-refractivity contribution in [1.82, 2.24) is 19.2 Å². The SMILES string of the molecule is Cc1ccc(-n2nc(C(=O)N3CCCC3)c(=O)n(Cc3ccccc3)c2=O)cc1C. The summed E-state index contributed by atoms with van der Waals surface area (Å²) in [6.45, 7) is 5.20. The maximum Gasteiger partial charge on any atom is 0.352 e. The molecule has 4 rings (SSSR count). The van der Waals surface area contributed by atoms with Crippen LogP contribution in [0.3, 0.4) is 0 Å². The number of rotatable bonds is 4. The van der Waals surface area contributed by atoms with Gasteiger partial charge in [0.05, 0.1) is 12.2 Å². The topological polar surface area (TPSA) is 77.2 Å². The van der Waals surface area contributed by atoms with E-state index in [1.54, 1.807) is 11.0 Å². The molecule has 1 saturated heterocycles. The molecule has 30 heavy (non-hydrogen) atoms. The van der Waals surface area contributed by atoms with Gasteiger partial charge in [0, 0.05) is 13.1 Å². The van der Waals surface area contributed by atoms with E-state index in [9.17, 15) is 14.4 Å². The molecular formula is C23H24N4O3. The Balaban J connectivity index is 1.90. The van der Waals surface area contributed by atoms with Gasteiger partial charge in [0.15, 0.2) is 0 Å². The number of carbonyl (C=O) groups is 1. The quantitative estimate of drug-likeness (QED) is 0.669. The standard InChI is InChI=1S/C23H24N4O3/c1-16-10-11-19(14-17(16)2)27-23(30)26(15-18-8-4-3-5-9-18)22(29)20(24-27)21(28)25-12-6-7-13-25/h3-5,8-11,14H,6-7,12-13,15H2,1-2H3. The average Bonchev–Trinajstić information content (AvgIpc) is 3.29. The zero-order valence-electron chi connectivity index (χ0n) is 17.2. The van der Waals surface area contributed by atoms with Crippen LogP contribution in [0.25, 0.3) is 5.69 Å². The number of nitrogens with zero attached hydrogens (tertiary/aromatic N) is 4. The molecule has 0 atom stereocenters. The lowest BCUT2D eigenvalue weighted by atomic mass is 10.1. The fraction of sp³-hybridized carbons (Fsp3) is 0.304. The molecule has 2 heterocycles. The van der Waals surface area contributed by atoms with Crippen LogP contribution in [0.4, 0.5) is 0 Å². The second kappa shape index (κ2) is 8.10. The van der Waals surface area contributed by atoms with Crippen molar-refractivity contribution in [3.63, 3.8) is 0 Å². The fourth-order valence-corrected chi connectivity index (χ4v) is 3.65. The molecule has 154 valence electrons. The Bertz CT molecular complexity index is 1210. The van der Waals surface area contributed by atoms with E-state index in [1.807, 2.05) is 56.3 Å². The highest BCUT2D eigenvalue weighted by Crippen LogP contribution is 2.13. The first kappa shape index (κ1) is 19.8. The highest BCUT2D eigenvalue weighted by molar-refractivity contribution is 5.92. The minimum Gasteiger partial charge on any atom is -0.337 e. The molecule has 0 saturated carbocycles.